The molecule has 11 heteroatoms. The standard InChI is InChI=1S/C22H30N8O.2ClH/c1-15-6-7-18(24-13-15)25-21-20-19(26-22(27-21)29-10-8-23-9-11-29)16(2)28-30(20)14-17-5-3-4-12-31-17;;/h6-7,13,17,23H,3-5,8-12,14H2,1-2H3,(H,24,25,26,27);2*1H. The van der Waals surface area contributed by atoms with Crippen LogP contribution in [0.25, 0.3) is 11.0 Å². The summed E-state index contributed by atoms with van der Waals surface area (Å²) in [4.78, 5) is 16.6. The van der Waals surface area contributed by atoms with Gasteiger partial charge in [0.05, 0.1) is 18.3 Å². The van der Waals surface area contributed by atoms with Crippen LogP contribution in [0, 0.1) is 13.8 Å². The largest absolute Gasteiger partial charge is 0.376 e. The number of aryl methyl sites for hydroxylation is 2. The Bertz CT molecular complexity index is 1050. The fourth-order valence-corrected chi connectivity index (χ4v) is 4.25. The molecular weight excluding hydrogens is 463 g/mol. The molecule has 0 radical (unpaired) electrons. The molecule has 2 N–H and O–H groups in total. The predicted molar refractivity (Wildman–Crippen MR) is 135 cm³/mol. The number of aromatic nitrogens is 5. The number of fused-ring (bicyclic) bond motifs is 1. The lowest BCUT2D eigenvalue weighted by Crippen LogP contribution is -2.44. The summed E-state index contributed by atoms with van der Waals surface area (Å²) < 4.78 is 7.99. The van der Waals surface area contributed by atoms with Crippen molar-refractivity contribution in [2.75, 3.05) is 43.0 Å². The number of hydrogen-bond acceptors (Lipinski definition) is 8. The second-order valence-electron chi connectivity index (χ2n) is 8.41. The molecule has 180 valence electrons. The summed E-state index contributed by atoms with van der Waals surface area (Å²) in [5, 5.41) is 11.7. The van der Waals surface area contributed by atoms with Gasteiger partial charge >= 0.3 is 0 Å². The summed E-state index contributed by atoms with van der Waals surface area (Å²) in [7, 11) is 0. The molecule has 2 aliphatic rings. The Morgan fingerprint density at radius 3 is 2.64 bits per heavy atom. The Labute approximate surface area is 206 Å². The number of nitrogens with one attached hydrogen (secondary N) is 2. The van der Waals surface area contributed by atoms with Crippen molar-refractivity contribution in [2.24, 2.45) is 0 Å². The monoisotopic (exact) mass is 494 g/mol. The van der Waals surface area contributed by atoms with Gasteiger partial charge in [0.25, 0.3) is 0 Å². The van der Waals surface area contributed by atoms with Crippen LogP contribution < -0.4 is 15.5 Å². The van der Waals surface area contributed by atoms with Gasteiger partial charge in [0.2, 0.25) is 5.95 Å². The molecule has 2 aliphatic heterocycles. The average Bonchev–Trinajstić information content (AvgIpc) is 3.12. The van der Waals surface area contributed by atoms with E-state index >= 15 is 0 Å². The quantitative estimate of drug-likeness (QED) is 0.557. The molecule has 5 heterocycles. The van der Waals surface area contributed by atoms with E-state index in [9.17, 15) is 0 Å². The third kappa shape index (κ3) is 5.66. The van der Waals surface area contributed by atoms with Crippen LogP contribution in [0.3, 0.4) is 0 Å². The number of nitrogens with zero attached hydrogens (tertiary/aromatic N) is 6. The Morgan fingerprint density at radius 1 is 1.12 bits per heavy atom. The van der Waals surface area contributed by atoms with Crippen molar-refractivity contribution < 1.29 is 4.74 Å². The summed E-state index contributed by atoms with van der Waals surface area (Å²) in [6, 6.07) is 4.02. The molecule has 0 saturated carbocycles. The first-order chi connectivity index (χ1) is 15.2. The van der Waals surface area contributed by atoms with Gasteiger partial charge in [0.1, 0.15) is 16.9 Å². The molecule has 0 aliphatic carbocycles. The zero-order chi connectivity index (χ0) is 21.2. The first kappa shape index (κ1) is 25.4. The lowest BCUT2D eigenvalue weighted by atomic mass is 10.1. The normalized spacial score (nSPS) is 18.5. The third-order valence-electron chi connectivity index (χ3n) is 5.95. The average molecular weight is 495 g/mol. The molecule has 5 rings (SSSR count). The Morgan fingerprint density at radius 2 is 1.94 bits per heavy atom. The molecule has 0 aromatic carbocycles. The minimum atomic E-state index is 0. The molecule has 2 saturated heterocycles. The van der Waals surface area contributed by atoms with Crippen molar-refractivity contribution in [1.29, 1.82) is 0 Å². The molecular formula is C22H32Cl2N8O. The first-order valence-electron chi connectivity index (χ1n) is 11.2. The Balaban J connectivity index is 0.00000153. The maximum absolute atomic E-state index is 5.98. The SMILES string of the molecule is Cc1ccc(Nc2nc(N3CCNCC3)nc3c(C)nn(CC4CCCCO4)c23)nc1.Cl.Cl. The smallest absolute Gasteiger partial charge is 0.228 e. The van der Waals surface area contributed by atoms with Gasteiger partial charge in [0, 0.05) is 39.0 Å². The summed E-state index contributed by atoms with van der Waals surface area (Å²) in [6.45, 7) is 9.21. The highest BCUT2D eigenvalue weighted by molar-refractivity contribution is 5.90. The number of piperazine rings is 1. The van der Waals surface area contributed by atoms with Gasteiger partial charge in [-0.05, 0) is 44.7 Å². The van der Waals surface area contributed by atoms with E-state index in [4.69, 9.17) is 19.8 Å². The summed E-state index contributed by atoms with van der Waals surface area (Å²) >= 11 is 0. The van der Waals surface area contributed by atoms with E-state index in [-0.39, 0.29) is 30.9 Å². The fourth-order valence-electron chi connectivity index (χ4n) is 4.25. The van der Waals surface area contributed by atoms with Crippen molar-refractivity contribution in [3.63, 3.8) is 0 Å². The van der Waals surface area contributed by atoms with Gasteiger partial charge < -0.3 is 20.3 Å². The van der Waals surface area contributed by atoms with E-state index in [1.165, 1.54) is 6.42 Å². The topological polar surface area (TPSA) is 93.0 Å². The molecule has 33 heavy (non-hydrogen) atoms. The van der Waals surface area contributed by atoms with Crippen LogP contribution in [0.4, 0.5) is 17.6 Å². The summed E-state index contributed by atoms with van der Waals surface area (Å²) in [5.41, 5.74) is 3.82. The molecule has 3 aromatic heterocycles. The second-order valence-corrected chi connectivity index (χ2v) is 8.41. The van der Waals surface area contributed by atoms with Crippen molar-refractivity contribution in [3.8, 4) is 0 Å². The van der Waals surface area contributed by atoms with Gasteiger partial charge in [-0.15, -0.1) is 24.8 Å². The number of anilines is 3. The molecule has 0 amide bonds. The Hall–Kier alpha value is -2.20. The lowest BCUT2D eigenvalue weighted by Gasteiger charge is -2.28. The number of rotatable bonds is 5. The number of pyridine rings is 1. The zero-order valence-corrected chi connectivity index (χ0v) is 20.7. The maximum Gasteiger partial charge on any atom is 0.228 e. The summed E-state index contributed by atoms with van der Waals surface area (Å²) in [5.74, 6) is 2.24. The third-order valence-corrected chi connectivity index (χ3v) is 5.95. The van der Waals surface area contributed by atoms with Gasteiger partial charge in [-0.3, -0.25) is 4.68 Å². The number of hydrogen-bond donors (Lipinski definition) is 2. The fraction of sp³-hybridized carbons (Fsp3) is 0.545. The maximum atomic E-state index is 5.98. The highest BCUT2D eigenvalue weighted by atomic mass is 35.5. The molecule has 1 unspecified atom stereocenters. The second kappa shape index (κ2) is 11.3. The van der Waals surface area contributed by atoms with Crippen molar-refractivity contribution in [1.82, 2.24) is 30.0 Å². The molecule has 1 atom stereocenters. The van der Waals surface area contributed by atoms with Gasteiger partial charge in [-0.25, -0.2) is 9.97 Å². The van der Waals surface area contributed by atoms with Crippen LogP contribution >= 0.6 is 24.8 Å². The van der Waals surface area contributed by atoms with E-state index in [1.807, 2.05) is 36.9 Å². The minimum Gasteiger partial charge on any atom is -0.376 e. The van der Waals surface area contributed by atoms with Gasteiger partial charge in [0.15, 0.2) is 5.82 Å². The van der Waals surface area contributed by atoms with Crippen molar-refractivity contribution >= 4 is 53.4 Å². The first-order valence-corrected chi connectivity index (χ1v) is 11.2. The minimum absolute atomic E-state index is 0. The van der Waals surface area contributed by atoms with E-state index in [0.29, 0.717) is 6.54 Å². The highest BCUT2D eigenvalue weighted by Gasteiger charge is 2.23. The van der Waals surface area contributed by atoms with Crippen LogP contribution in [-0.4, -0.2) is 63.6 Å². The van der Waals surface area contributed by atoms with Gasteiger partial charge in [-0.2, -0.15) is 10.1 Å². The summed E-state index contributed by atoms with van der Waals surface area (Å²) in [6.07, 6.45) is 5.43. The van der Waals surface area contributed by atoms with E-state index in [1.54, 1.807) is 0 Å². The molecule has 0 spiro atoms. The van der Waals surface area contributed by atoms with Crippen molar-refractivity contribution in [2.45, 2.75) is 45.8 Å². The van der Waals surface area contributed by atoms with Crippen LogP contribution in [-0.2, 0) is 11.3 Å². The molecule has 0 bridgehead atoms. The predicted octanol–water partition coefficient (Wildman–Crippen LogP) is 3.40. The Kier molecular flexibility index (Phi) is 8.69. The lowest BCUT2D eigenvalue weighted by molar-refractivity contribution is 0.00471. The zero-order valence-electron chi connectivity index (χ0n) is 19.1. The van der Waals surface area contributed by atoms with Gasteiger partial charge in [-0.1, -0.05) is 6.07 Å². The molecule has 9 nitrogen and oxygen atoms in total. The van der Waals surface area contributed by atoms with E-state index < -0.39 is 0 Å². The van der Waals surface area contributed by atoms with Crippen LogP contribution in [0.2, 0.25) is 0 Å². The highest BCUT2D eigenvalue weighted by Crippen LogP contribution is 2.29. The molecule has 2 fully saturated rings. The van der Waals surface area contributed by atoms with Crippen molar-refractivity contribution in [3.05, 3.63) is 29.6 Å². The molecule has 3 aromatic rings. The van der Waals surface area contributed by atoms with E-state index in [0.717, 1.165) is 85.5 Å². The number of halogens is 2. The number of ether oxygens (including phenoxy) is 1. The van der Waals surface area contributed by atoms with Crippen LogP contribution in [0.5, 0.6) is 0 Å². The van der Waals surface area contributed by atoms with Crippen LogP contribution in [0.15, 0.2) is 18.3 Å². The van der Waals surface area contributed by atoms with Crippen LogP contribution in [0.1, 0.15) is 30.5 Å². The van der Waals surface area contributed by atoms with E-state index in [2.05, 4.69) is 20.5 Å².